The van der Waals surface area contributed by atoms with E-state index in [0.717, 1.165) is 36.1 Å². The zero-order valence-corrected chi connectivity index (χ0v) is 15.3. The Morgan fingerprint density at radius 3 is 2.56 bits per heavy atom. The first-order valence-corrected chi connectivity index (χ1v) is 10.5. The van der Waals surface area contributed by atoms with Crippen LogP contribution in [0.1, 0.15) is 54.2 Å². The highest BCUT2D eigenvalue weighted by Crippen LogP contribution is 2.54. The Morgan fingerprint density at radius 2 is 1.85 bits per heavy atom. The molecule has 27 heavy (non-hydrogen) atoms. The van der Waals surface area contributed by atoms with Gasteiger partial charge in [0, 0.05) is 23.6 Å². The number of aromatic nitrogens is 3. The van der Waals surface area contributed by atoms with Crippen molar-refractivity contribution in [2.75, 3.05) is 0 Å². The number of rotatable bonds is 5. The van der Waals surface area contributed by atoms with Crippen LogP contribution >= 0.6 is 0 Å². The quantitative estimate of drug-likeness (QED) is 0.726. The van der Waals surface area contributed by atoms with Gasteiger partial charge in [-0.15, -0.1) is 0 Å². The summed E-state index contributed by atoms with van der Waals surface area (Å²) in [7, 11) is -3.67. The van der Waals surface area contributed by atoms with E-state index < -0.39 is 10.0 Å². The minimum absolute atomic E-state index is 0.118. The van der Waals surface area contributed by atoms with E-state index in [9.17, 15) is 8.42 Å². The van der Waals surface area contributed by atoms with E-state index in [0.29, 0.717) is 17.6 Å². The number of benzene rings is 1. The lowest BCUT2D eigenvalue weighted by atomic mass is 10.1. The molecule has 5 rings (SSSR count). The summed E-state index contributed by atoms with van der Waals surface area (Å²) in [4.78, 5) is 9.23. The van der Waals surface area contributed by atoms with Gasteiger partial charge in [-0.1, -0.05) is 17.3 Å². The molecule has 2 atom stereocenters. The summed E-state index contributed by atoms with van der Waals surface area (Å²) in [6.07, 6.45) is 5.03. The van der Waals surface area contributed by atoms with Crippen LogP contribution in [0.3, 0.4) is 0 Å². The summed E-state index contributed by atoms with van der Waals surface area (Å²) < 4.78 is 28.3. The van der Waals surface area contributed by atoms with Gasteiger partial charge in [-0.05, 0) is 55.0 Å². The molecule has 1 aromatic carbocycles. The van der Waals surface area contributed by atoms with E-state index in [-0.39, 0.29) is 16.7 Å². The Balaban J connectivity index is 1.36. The van der Waals surface area contributed by atoms with Crippen molar-refractivity contribution in [3.05, 3.63) is 59.7 Å². The second-order valence-electron chi connectivity index (χ2n) is 7.23. The van der Waals surface area contributed by atoms with Crippen LogP contribution in [0.25, 0.3) is 11.4 Å². The van der Waals surface area contributed by atoms with Crippen molar-refractivity contribution in [1.82, 2.24) is 15.1 Å². The van der Waals surface area contributed by atoms with Crippen LogP contribution < -0.4 is 5.14 Å². The fourth-order valence-electron chi connectivity index (χ4n) is 3.52. The number of hydrogen-bond donors (Lipinski definition) is 1. The van der Waals surface area contributed by atoms with Crippen molar-refractivity contribution < 1.29 is 12.9 Å². The molecule has 2 aromatic heterocycles. The molecule has 2 saturated carbocycles. The molecule has 0 spiro atoms. The van der Waals surface area contributed by atoms with Crippen LogP contribution in [-0.2, 0) is 10.0 Å². The fourth-order valence-corrected chi connectivity index (χ4v) is 4.04. The smallest absolute Gasteiger partial charge is 0.238 e. The Bertz CT molecular complexity index is 1100. The number of pyridine rings is 1. The second kappa shape index (κ2) is 5.97. The molecule has 0 aliphatic heterocycles. The summed E-state index contributed by atoms with van der Waals surface area (Å²) in [5.74, 6) is 2.14. The number of nitrogens with two attached hydrogens (primary N) is 1. The van der Waals surface area contributed by atoms with Crippen molar-refractivity contribution >= 4 is 10.0 Å². The van der Waals surface area contributed by atoms with E-state index in [4.69, 9.17) is 9.66 Å². The third kappa shape index (κ3) is 3.15. The third-order valence-electron chi connectivity index (χ3n) is 5.23. The van der Waals surface area contributed by atoms with Crippen LogP contribution in [0.15, 0.2) is 52.0 Å². The predicted octanol–water partition coefficient (Wildman–Crippen LogP) is 2.93. The minimum Gasteiger partial charge on any atom is -0.339 e. The van der Waals surface area contributed by atoms with Gasteiger partial charge in [0.15, 0.2) is 0 Å². The lowest BCUT2D eigenvalue weighted by Gasteiger charge is -2.02. The van der Waals surface area contributed by atoms with E-state index in [2.05, 4.69) is 15.1 Å². The van der Waals surface area contributed by atoms with Crippen molar-refractivity contribution in [2.45, 2.75) is 41.9 Å². The summed E-state index contributed by atoms with van der Waals surface area (Å²) >= 11 is 0. The van der Waals surface area contributed by atoms with Crippen molar-refractivity contribution in [3.63, 3.8) is 0 Å². The summed E-state index contributed by atoms with van der Waals surface area (Å²) in [6, 6.07) is 10.6. The molecule has 2 fully saturated rings. The first kappa shape index (κ1) is 16.6. The summed E-state index contributed by atoms with van der Waals surface area (Å²) in [6.45, 7) is 0. The third-order valence-corrected chi connectivity index (χ3v) is 6.16. The molecule has 2 aliphatic rings. The monoisotopic (exact) mass is 382 g/mol. The molecule has 2 heterocycles. The van der Waals surface area contributed by atoms with Gasteiger partial charge >= 0.3 is 0 Å². The van der Waals surface area contributed by atoms with Gasteiger partial charge in [0.25, 0.3) is 0 Å². The first-order valence-electron chi connectivity index (χ1n) is 8.92. The molecule has 0 saturated heterocycles. The Morgan fingerprint density at radius 1 is 1.07 bits per heavy atom. The Hall–Kier alpha value is -2.58. The van der Waals surface area contributed by atoms with Gasteiger partial charge in [0.05, 0.1) is 10.6 Å². The SMILES string of the molecule is NS(=O)(=O)c1ccc([C@@H]2C[C@H]2c2nc(-c3cccnc3C3CC3)no2)cc1. The number of primary sulfonamides is 1. The zero-order valence-electron chi connectivity index (χ0n) is 14.4. The predicted molar refractivity (Wildman–Crippen MR) is 97.4 cm³/mol. The van der Waals surface area contributed by atoms with Gasteiger partial charge in [-0.3, -0.25) is 4.98 Å². The van der Waals surface area contributed by atoms with E-state index >= 15 is 0 Å². The van der Waals surface area contributed by atoms with Gasteiger partial charge in [0.1, 0.15) is 0 Å². The molecule has 2 aliphatic carbocycles. The maximum Gasteiger partial charge on any atom is 0.238 e. The maximum atomic E-state index is 11.4. The standard InChI is InChI=1S/C19H18N4O3S/c20-27(24,25)13-7-5-11(6-8-13)15-10-16(15)19-22-18(23-26-19)14-2-1-9-21-17(14)12-3-4-12/h1-2,5-9,12,15-16H,3-4,10H2,(H2,20,24,25)/t15-,16+/m0/s1. The minimum atomic E-state index is -3.67. The Labute approximate surface area is 156 Å². The molecule has 3 aromatic rings. The van der Waals surface area contributed by atoms with Crippen LogP contribution in [0.5, 0.6) is 0 Å². The van der Waals surface area contributed by atoms with Crippen LogP contribution in [0, 0.1) is 0 Å². The average molecular weight is 382 g/mol. The number of nitrogens with zero attached hydrogens (tertiary/aromatic N) is 3. The van der Waals surface area contributed by atoms with Crippen molar-refractivity contribution in [2.24, 2.45) is 5.14 Å². The lowest BCUT2D eigenvalue weighted by molar-refractivity contribution is 0.378. The van der Waals surface area contributed by atoms with Crippen molar-refractivity contribution in [3.8, 4) is 11.4 Å². The highest BCUT2D eigenvalue weighted by atomic mass is 32.2. The van der Waals surface area contributed by atoms with Gasteiger partial charge in [-0.25, -0.2) is 13.6 Å². The molecule has 0 amide bonds. The fraction of sp³-hybridized carbons (Fsp3) is 0.316. The lowest BCUT2D eigenvalue weighted by Crippen LogP contribution is -2.11. The summed E-state index contributed by atoms with van der Waals surface area (Å²) in [5.41, 5.74) is 3.05. The first-order chi connectivity index (χ1) is 13.0. The number of sulfonamides is 1. The van der Waals surface area contributed by atoms with Gasteiger partial charge in [-0.2, -0.15) is 4.98 Å². The molecular weight excluding hydrogens is 364 g/mol. The molecule has 8 heteroatoms. The van der Waals surface area contributed by atoms with Gasteiger partial charge < -0.3 is 4.52 Å². The van der Waals surface area contributed by atoms with Crippen LogP contribution in [0.4, 0.5) is 0 Å². The Kier molecular flexibility index (Phi) is 3.66. The van der Waals surface area contributed by atoms with E-state index in [1.54, 1.807) is 18.3 Å². The molecular formula is C19H18N4O3S. The van der Waals surface area contributed by atoms with Crippen molar-refractivity contribution in [1.29, 1.82) is 0 Å². The van der Waals surface area contributed by atoms with Crippen LogP contribution in [0.2, 0.25) is 0 Å². The highest BCUT2D eigenvalue weighted by Gasteiger charge is 2.44. The van der Waals surface area contributed by atoms with Gasteiger partial charge in [0.2, 0.25) is 21.7 Å². The molecule has 0 bridgehead atoms. The molecule has 0 radical (unpaired) electrons. The molecule has 7 nitrogen and oxygen atoms in total. The molecule has 0 unspecified atom stereocenters. The topological polar surface area (TPSA) is 112 Å². The molecule has 138 valence electrons. The second-order valence-corrected chi connectivity index (χ2v) is 8.79. The van der Waals surface area contributed by atoms with E-state index in [1.165, 1.54) is 12.1 Å². The normalized spacial score (nSPS) is 22.0. The largest absolute Gasteiger partial charge is 0.339 e. The average Bonchev–Trinajstić information content (AvgIpc) is 3.59. The molecule has 2 N–H and O–H groups in total. The maximum absolute atomic E-state index is 11.4. The summed E-state index contributed by atoms with van der Waals surface area (Å²) in [5, 5.41) is 9.32. The highest BCUT2D eigenvalue weighted by molar-refractivity contribution is 7.89. The van der Waals surface area contributed by atoms with E-state index in [1.807, 2.05) is 12.1 Å². The van der Waals surface area contributed by atoms with Crippen LogP contribution in [-0.4, -0.2) is 23.5 Å². The zero-order chi connectivity index (χ0) is 18.6. The number of hydrogen-bond acceptors (Lipinski definition) is 6.